The molecule has 0 aromatic heterocycles. The number of phenols is 2. The Labute approximate surface area is 124 Å². The van der Waals surface area contributed by atoms with Crippen molar-refractivity contribution in [2.45, 2.75) is 32.6 Å². The van der Waals surface area contributed by atoms with Crippen molar-refractivity contribution in [2.75, 3.05) is 0 Å². The van der Waals surface area contributed by atoms with Gasteiger partial charge in [-0.1, -0.05) is 39.0 Å². The molecule has 0 fully saturated rings. The van der Waals surface area contributed by atoms with E-state index in [0.717, 1.165) is 12.0 Å². The van der Waals surface area contributed by atoms with Gasteiger partial charge in [0.1, 0.15) is 22.9 Å². The van der Waals surface area contributed by atoms with Gasteiger partial charge in [-0.3, -0.25) is 0 Å². The molecule has 4 nitrogen and oxygen atoms in total. The van der Waals surface area contributed by atoms with Crippen LogP contribution in [0.25, 0.3) is 0 Å². The molecule has 0 unspecified atom stereocenters. The van der Waals surface area contributed by atoms with E-state index in [4.69, 9.17) is 0 Å². The number of para-hydroxylation sites is 1. The molecule has 0 saturated heterocycles. The first kappa shape index (κ1) is 15.0. The van der Waals surface area contributed by atoms with Crippen LogP contribution < -0.4 is 0 Å². The van der Waals surface area contributed by atoms with Crippen molar-refractivity contribution < 1.29 is 10.2 Å². The van der Waals surface area contributed by atoms with Crippen LogP contribution in [0.15, 0.2) is 52.7 Å². The van der Waals surface area contributed by atoms with Crippen molar-refractivity contribution in [3.05, 3.63) is 48.0 Å². The summed E-state index contributed by atoms with van der Waals surface area (Å²) in [7, 11) is 0. The highest BCUT2D eigenvalue weighted by Gasteiger charge is 2.19. The molecule has 0 amide bonds. The molecule has 110 valence electrons. The smallest absolute Gasteiger partial charge is 0.143 e. The summed E-state index contributed by atoms with van der Waals surface area (Å²) in [6.07, 6.45) is 0.980. The molecule has 21 heavy (non-hydrogen) atoms. The fourth-order valence-corrected chi connectivity index (χ4v) is 1.89. The quantitative estimate of drug-likeness (QED) is 0.758. The van der Waals surface area contributed by atoms with Crippen LogP contribution >= 0.6 is 0 Å². The first-order valence-corrected chi connectivity index (χ1v) is 6.97. The van der Waals surface area contributed by atoms with E-state index in [1.807, 2.05) is 12.1 Å². The molecule has 2 aromatic carbocycles. The maximum Gasteiger partial charge on any atom is 0.143 e. The van der Waals surface area contributed by atoms with E-state index in [-0.39, 0.29) is 16.9 Å². The number of nitrogens with zero attached hydrogens (tertiary/aromatic N) is 2. The molecule has 2 N–H and O–H groups in total. The minimum atomic E-state index is 0.00680. The number of phenolic OH excluding ortho intramolecular Hbond substituents is 2. The number of rotatable bonds is 4. The first-order valence-electron chi connectivity index (χ1n) is 6.97. The van der Waals surface area contributed by atoms with E-state index >= 15 is 0 Å². The zero-order valence-electron chi connectivity index (χ0n) is 12.5. The summed E-state index contributed by atoms with van der Waals surface area (Å²) < 4.78 is 0. The molecule has 0 bridgehead atoms. The Balaban J connectivity index is 2.36. The molecular formula is C17H20N2O2. The summed E-state index contributed by atoms with van der Waals surface area (Å²) in [5, 5.41) is 27.6. The van der Waals surface area contributed by atoms with E-state index in [9.17, 15) is 10.2 Å². The van der Waals surface area contributed by atoms with E-state index in [2.05, 4.69) is 31.0 Å². The Morgan fingerprint density at radius 1 is 0.905 bits per heavy atom. The standard InChI is InChI=1S/C17H20N2O2/c1-4-17(2,3)12-9-10-16(21)14(11-12)19-18-13-7-5-6-8-15(13)20/h5-11,20-21H,4H2,1-3H3. The Morgan fingerprint density at radius 3 is 2.19 bits per heavy atom. The number of benzene rings is 2. The molecule has 0 heterocycles. The van der Waals surface area contributed by atoms with E-state index in [1.54, 1.807) is 30.3 Å². The topological polar surface area (TPSA) is 65.2 Å². The molecule has 0 spiro atoms. The van der Waals surface area contributed by atoms with Crippen LogP contribution in [0.5, 0.6) is 11.5 Å². The van der Waals surface area contributed by atoms with Crippen LogP contribution in [0, 0.1) is 0 Å². The van der Waals surface area contributed by atoms with Crippen molar-refractivity contribution in [3.63, 3.8) is 0 Å². The third-order valence-corrected chi connectivity index (χ3v) is 3.79. The molecule has 2 rings (SSSR count). The maximum absolute atomic E-state index is 9.90. The highest BCUT2D eigenvalue weighted by atomic mass is 16.3. The number of azo groups is 1. The third-order valence-electron chi connectivity index (χ3n) is 3.79. The lowest BCUT2D eigenvalue weighted by atomic mass is 9.82. The van der Waals surface area contributed by atoms with Gasteiger partial charge >= 0.3 is 0 Å². The van der Waals surface area contributed by atoms with Gasteiger partial charge in [0.15, 0.2) is 0 Å². The molecule has 0 atom stereocenters. The third kappa shape index (κ3) is 3.40. The minimum absolute atomic E-state index is 0.00680. The molecule has 0 radical (unpaired) electrons. The molecule has 0 aliphatic heterocycles. The van der Waals surface area contributed by atoms with Crippen molar-refractivity contribution in [2.24, 2.45) is 10.2 Å². The molecule has 2 aromatic rings. The maximum atomic E-state index is 9.90. The van der Waals surface area contributed by atoms with Gasteiger partial charge in [-0.25, -0.2) is 0 Å². The van der Waals surface area contributed by atoms with Crippen molar-refractivity contribution in [1.29, 1.82) is 0 Å². The van der Waals surface area contributed by atoms with Crippen LogP contribution in [0.3, 0.4) is 0 Å². The lowest BCUT2D eigenvalue weighted by Crippen LogP contribution is -2.14. The summed E-state index contributed by atoms with van der Waals surface area (Å²) in [6.45, 7) is 6.41. The van der Waals surface area contributed by atoms with Crippen LogP contribution in [-0.2, 0) is 5.41 Å². The molecular weight excluding hydrogens is 264 g/mol. The fourth-order valence-electron chi connectivity index (χ4n) is 1.89. The van der Waals surface area contributed by atoms with Crippen LogP contribution in [0.1, 0.15) is 32.8 Å². The Morgan fingerprint density at radius 2 is 1.52 bits per heavy atom. The van der Waals surface area contributed by atoms with Gasteiger partial charge in [-0.05, 0) is 41.7 Å². The zero-order chi connectivity index (χ0) is 15.5. The lowest BCUT2D eigenvalue weighted by Gasteiger charge is -2.23. The number of hydrogen-bond acceptors (Lipinski definition) is 4. The summed E-state index contributed by atoms with van der Waals surface area (Å²) in [6, 6.07) is 12.1. The summed E-state index contributed by atoms with van der Waals surface area (Å²) in [5.41, 5.74) is 1.87. The zero-order valence-corrected chi connectivity index (χ0v) is 12.5. The Kier molecular flexibility index (Phi) is 4.26. The summed E-state index contributed by atoms with van der Waals surface area (Å²) in [4.78, 5) is 0. The van der Waals surface area contributed by atoms with Crippen LogP contribution in [0.2, 0.25) is 0 Å². The van der Waals surface area contributed by atoms with Crippen LogP contribution in [-0.4, -0.2) is 10.2 Å². The van der Waals surface area contributed by atoms with E-state index < -0.39 is 0 Å². The fraction of sp³-hybridized carbons (Fsp3) is 0.294. The minimum Gasteiger partial charge on any atom is -0.506 e. The van der Waals surface area contributed by atoms with Gasteiger partial charge in [0.25, 0.3) is 0 Å². The summed E-state index contributed by atoms with van der Waals surface area (Å²) >= 11 is 0. The second-order valence-corrected chi connectivity index (χ2v) is 5.63. The SMILES string of the molecule is CCC(C)(C)c1ccc(O)c(N=Nc2ccccc2O)c1. The van der Waals surface area contributed by atoms with Gasteiger partial charge < -0.3 is 10.2 Å². The van der Waals surface area contributed by atoms with Crippen molar-refractivity contribution >= 4 is 11.4 Å². The molecule has 0 aliphatic rings. The highest BCUT2D eigenvalue weighted by molar-refractivity contribution is 5.55. The van der Waals surface area contributed by atoms with E-state index in [0.29, 0.717) is 11.4 Å². The highest BCUT2D eigenvalue weighted by Crippen LogP contribution is 2.36. The van der Waals surface area contributed by atoms with Crippen molar-refractivity contribution in [1.82, 2.24) is 0 Å². The second-order valence-electron chi connectivity index (χ2n) is 5.63. The molecule has 0 saturated carbocycles. The second kappa shape index (κ2) is 5.95. The van der Waals surface area contributed by atoms with E-state index in [1.165, 1.54) is 0 Å². The van der Waals surface area contributed by atoms with Gasteiger partial charge in [-0.2, -0.15) is 0 Å². The Bertz CT molecular complexity index is 664. The summed E-state index contributed by atoms with van der Waals surface area (Å²) in [5.74, 6) is 0.135. The van der Waals surface area contributed by atoms with Crippen molar-refractivity contribution in [3.8, 4) is 11.5 Å². The molecule has 0 aliphatic carbocycles. The van der Waals surface area contributed by atoms with Gasteiger partial charge in [0.2, 0.25) is 0 Å². The Hall–Kier alpha value is -2.36. The predicted octanol–water partition coefficient (Wildman–Crippen LogP) is 5.20. The monoisotopic (exact) mass is 284 g/mol. The van der Waals surface area contributed by atoms with Gasteiger partial charge in [-0.15, -0.1) is 10.2 Å². The lowest BCUT2D eigenvalue weighted by molar-refractivity contribution is 0.471. The normalized spacial score (nSPS) is 12.0. The van der Waals surface area contributed by atoms with Gasteiger partial charge in [0.05, 0.1) is 0 Å². The van der Waals surface area contributed by atoms with Crippen LogP contribution in [0.4, 0.5) is 11.4 Å². The first-order chi connectivity index (χ1) is 9.94. The average molecular weight is 284 g/mol. The van der Waals surface area contributed by atoms with Gasteiger partial charge in [0, 0.05) is 0 Å². The number of aromatic hydroxyl groups is 2. The number of hydrogen-bond donors (Lipinski definition) is 2. The largest absolute Gasteiger partial charge is 0.506 e. The average Bonchev–Trinajstić information content (AvgIpc) is 2.47. The molecule has 4 heteroatoms. The predicted molar refractivity (Wildman–Crippen MR) is 83.7 cm³/mol.